The predicted molar refractivity (Wildman–Crippen MR) is 149 cm³/mol. The van der Waals surface area contributed by atoms with Gasteiger partial charge in [0, 0.05) is 47.8 Å². The number of hydroxylamine groups is 2. The van der Waals surface area contributed by atoms with Crippen LogP contribution in [0, 0.1) is 11.8 Å². The maximum atomic E-state index is 13.0. The smallest absolute Gasteiger partial charge is 0.338 e. The molecule has 7 nitrogen and oxygen atoms in total. The van der Waals surface area contributed by atoms with Crippen LogP contribution in [-0.4, -0.2) is 68.5 Å². The number of carbonyl (C=O) groups excluding carboxylic acids is 2. The highest BCUT2D eigenvalue weighted by atomic mass is 16.6. The van der Waals surface area contributed by atoms with Gasteiger partial charge in [-0.05, 0) is 84.7 Å². The summed E-state index contributed by atoms with van der Waals surface area (Å²) in [5, 5.41) is 12.3. The standard InChI is InChI=1S/C31H50N2O5/c1-20(2)30(9)18-24(16-28(5,6)32(30)11)37-26(34)22-12-14-23(15-13-22)27(35)38-25-17-29(7,8)33(36)31(10,19-25)21(3)4/h12-15,20-21,24-25,36H,16-19H2,1-11H3. The van der Waals surface area contributed by atoms with Gasteiger partial charge in [-0.1, -0.05) is 27.7 Å². The van der Waals surface area contributed by atoms with Gasteiger partial charge in [-0.15, -0.1) is 0 Å². The van der Waals surface area contributed by atoms with Gasteiger partial charge in [-0.3, -0.25) is 4.90 Å². The zero-order valence-corrected chi connectivity index (χ0v) is 25.4. The Morgan fingerprint density at radius 3 is 1.50 bits per heavy atom. The van der Waals surface area contributed by atoms with Crippen molar-refractivity contribution in [2.24, 2.45) is 11.8 Å². The van der Waals surface area contributed by atoms with Crippen molar-refractivity contribution in [1.29, 1.82) is 0 Å². The van der Waals surface area contributed by atoms with Crippen LogP contribution in [0.2, 0.25) is 0 Å². The van der Waals surface area contributed by atoms with Crippen LogP contribution in [-0.2, 0) is 9.47 Å². The lowest BCUT2D eigenvalue weighted by Crippen LogP contribution is -2.64. The minimum absolute atomic E-state index is 0.0767. The lowest BCUT2D eigenvalue weighted by Gasteiger charge is -2.56. The number of hydrogen-bond donors (Lipinski definition) is 1. The molecule has 0 spiro atoms. The molecule has 0 saturated carbocycles. The van der Waals surface area contributed by atoms with Crippen LogP contribution in [0.25, 0.3) is 0 Å². The fourth-order valence-corrected chi connectivity index (χ4v) is 6.46. The first-order chi connectivity index (χ1) is 17.3. The van der Waals surface area contributed by atoms with E-state index in [9.17, 15) is 14.8 Å². The minimum atomic E-state index is -0.524. The van der Waals surface area contributed by atoms with Gasteiger partial charge < -0.3 is 14.7 Å². The molecular formula is C31H50N2O5. The summed E-state index contributed by atoms with van der Waals surface area (Å²) >= 11 is 0. The van der Waals surface area contributed by atoms with Crippen molar-refractivity contribution in [3.05, 3.63) is 35.4 Å². The van der Waals surface area contributed by atoms with Gasteiger partial charge in [0.15, 0.2) is 0 Å². The van der Waals surface area contributed by atoms with E-state index in [0.29, 0.717) is 29.9 Å². The molecule has 214 valence electrons. The van der Waals surface area contributed by atoms with Gasteiger partial charge in [0.1, 0.15) is 12.2 Å². The molecule has 4 unspecified atom stereocenters. The summed E-state index contributed by atoms with van der Waals surface area (Å²) in [7, 11) is 2.16. The van der Waals surface area contributed by atoms with Gasteiger partial charge in [0.25, 0.3) is 0 Å². The number of hydrogen-bond acceptors (Lipinski definition) is 7. The van der Waals surface area contributed by atoms with E-state index in [1.54, 1.807) is 24.3 Å². The molecule has 0 amide bonds. The molecule has 2 fully saturated rings. The third-order valence-electron chi connectivity index (χ3n) is 9.86. The Balaban J connectivity index is 1.67. The molecular weight excluding hydrogens is 480 g/mol. The lowest BCUT2D eigenvalue weighted by molar-refractivity contribution is -0.273. The van der Waals surface area contributed by atoms with E-state index in [4.69, 9.17) is 9.47 Å². The molecule has 1 aromatic rings. The highest BCUT2D eigenvalue weighted by Gasteiger charge is 2.51. The van der Waals surface area contributed by atoms with E-state index in [0.717, 1.165) is 12.8 Å². The number of nitrogens with zero attached hydrogens (tertiary/aromatic N) is 2. The fourth-order valence-electron chi connectivity index (χ4n) is 6.46. The molecule has 2 aliphatic heterocycles. The Kier molecular flexibility index (Phi) is 8.49. The molecule has 3 rings (SSSR count). The van der Waals surface area contributed by atoms with Crippen LogP contribution in [0.4, 0.5) is 0 Å². The average Bonchev–Trinajstić information content (AvgIpc) is 2.80. The summed E-state index contributed by atoms with van der Waals surface area (Å²) in [5.41, 5.74) is -0.385. The van der Waals surface area contributed by atoms with Crippen molar-refractivity contribution in [3.63, 3.8) is 0 Å². The van der Waals surface area contributed by atoms with Gasteiger partial charge in [0.05, 0.1) is 11.1 Å². The maximum Gasteiger partial charge on any atom is 0.338 e. The summed E-state index contributed by atoms with van der Waals surface area (Å²) in [6.07, 6.45) is 2.12. The number of benzene rings is 1. The molecule has 2 saturated heterocycles. The van der Waals surface area contributed by atoms with Crippen LogP contribution in [0.15, 0.2) is 24.3 Å². The van der Waals surface area contributed by atoms with Crippen LogP contribution in [0.3, 0.4) is 0 Å². The third-order valence-corrected chi connectivity index (χ3v) is 9.86. The van der Waals surface area contributed by atoms with Crippen molar-refractivity contribution in [2.75, 3.05) is 7.05 Å². The van der Waals surface area contributed by atoms with Gasteiger partial charge in [0.2, 0.25) is 0 Å². The second-order valence-corrected chi connectivity index (χ2v) is 14.0. The number of ether oxygens (including phenoxy) is 2. The maximum absolute atomic E-state index is 13.0. The largest absolute Gasteiger partial charge is 0.459 e. The van der Waals surface area contributed by atoms with E-state index in [-0.39, 0.29) is 35.2 Å². The monoisotopic (exact) mass is 530 g/mol. The minimum Gasteiger partial charge on any atom is -0.459 e. The summed E-state index contributed by atoms with van der Waals surface area (Å²) < 4.78 is 11.9. The van der Waals surface area contributed by atoms with Crippen LogP contribution in [0.1, 0.15) is 116 Å². The number of likely N-dealkylation sites (tertiary alicyclic amines) is 1. The van der Waals surface area contributed by atoms with E-state index in [1.807, 2.05) is 20.8 Å². The molecule has 0 bridgehead atoms. The molecule has 0 radical (unpaired) electrons. The second-order valence-electron chi connectivity index (χ2n) is 14.0. The predicted octanol–water partition coefficient (Wildman–Crippen LogP) is 6.33. The molecule has 7 heteroatoms. The molecule has 1 N–H and O–H groups in total. The van der Waals surface area contributed by atoms with E-state index < -0.39 is 17.0 Å². The zero-order chi connectivity index (χ0) is 28.8. The van der Waals surface area contributed by atoms with Crippen LogP contribution in [0.5, 0.6) is 0 Å². The summed E-state index contributed by atoms with van der Waals surface area (Å²) in [4.78, 5) is 28.5. The highest BCUT2D eigenvalue weighted by Crippen LogP contribution is 2.43. The Bertz CT molecular complexity index is 937. The molecule has 2 aliphatic rings. The second kappa shape index (κ2) is 10.5. The Morgan fingerprint density at radius 1 is 0.737 bits per heavy atom. The molecule has 0 aliphatic carbocycles. The number of carbonyl (C=O) groups is 2. The van der Waals surface area contributed by atoms with Crippen LogP contribution < -0.4 is 0 Å². The van der Waals surface area contributed by atoms with Gasteiger partial charge >= 0.3 is 11.9 Å². The lowest BCUT2D eigenvalue weighted by atomic mass is 9.72. The van der Waals surface area contributed by atoms with Crippen molar-refractivity contribution in [3.8, 4) is 0 Å². The number of rotatable bonds is 6. The first-order valence-corrected chi connectivity index (χ1v) is 14.1. The SMILES string of the molecule is CC(C)C1(C)CC(OC(=O)c2ccc(C(=O)OC3CC(C)(C)N(O)C(C)(C(C)C)C3)cc2)CC(C)(C)N1C. The van der Waals surface area contributed by atoms with Crippen molar-refractivity contribution < 1.29 is 24.3 Å². The van der Waals surface area contributed by atoms with Crippen molar-refractivity contribution in [1.82, 2.24) is 9.96 Å². The number of esters is 2. The summed E-state index contributed by atoms with van der Waals surface area (Å²) in [6.45, 7) is 21.1. The Hall–Kier alpha value is -1.96. The summed E-state index contributed by atoms with van der Waals surface area (Å²) in [6, 6.07) is 6.53. The van der Waals surface area contributed by atoms with Crippen LogP contribution >= 0.6 is 0 Å². The quantitative estimate of drug-likeness (QED) is 0.430. The zero-order valence-electron chi connectivity index (χ0n) is 25.4. The molecule has 1 aromatic carbocycles. The molecule has 2 heterocycles. The number of piperidine rings is 2. The third kappa shape index (κ3) is 5.80. The average molecular weight is 531 g/mol. The Morgan fingerprint density at radius 2 is 1.11 bits per heavy atom. The molecule has 0 aromatic heterocycles. The molecule has 38 heavy (non-hydrogen) atoms. The normalized spacial score (nSPS) is 31.8. The first kappa shape index (κ1) is 30.6. The van der Waals surface area contributed by atoms with Gasteiger partial charge in [-0.25, -0.2) is 9.59 Å². The first-order valence-electron chi connectivity index (χ1n) is 14.1. The van der Waals surface area contributed by atoms with Crippen molar-refractivity contribution >= 4 is 11.9 Å². The Labute approximate surface area is 229 Å². The highest BCUT2D eigenvalue weighted by molar-refractivity contribution is 5.93. The topological polar surface area (TPSA) is 79.3 Å². The molecule has 4 atom stereocenters. The van der Waals surface area contributed by atoms with E-state index >= 15 is 0 Å². The van der Waals surface area contributed by atoms with E-state index in [1.165, 1.54) is 5.06 Å². The van der Waals surface area contributed by atoms with Gasteiger partial charge in [-0.2, -0.15) is 5.06 Å². The van der Waals surface area contributed by atoms with Crippen molar-refractivity contribution in [2.45, 2.75) is 129 Å². The fraction of sp³-hybridized carbons (Fsp3) is 0.742. The summed E-state index contributed by atoms with van der Waals surface area (Å²) in [5.74, 6) is -0.210. The van der Waals surface area contributed by atoms with E-state index in [2.05, 4.69) is 60.4 Å².